The number of benzene rings is 1. The van der Waals surface area contributed by atoms with Crippen molar-refractivity contribution >= 4 is 34.6 Å². The maximum atomic E-state index is 12.1. The van der Waals surface area contributed by atoms with Crippen molar-refractivity contribution in [3.05, 3.63) is 56.7 Å². The van der Waals surface area contributed by atoms with E-state index in [1.165, 1.54) is 10.4 Å². The van der Waals surface area contributed by atoms with Gasteiger partial charge in [0.2, 0.25) is 5.91 Å². The Labute approximate surface area is 139 Å². The van der Waals surface area contributed by atoms with E-state index in [4.69, 9.17) is 11.6 Å². The van der Waals surface area contributed by atoms with Crippen LogP contribution in [0, 0.1) is 6.92 Å². The molecule has 0 radical (unpaired) electrons. The zero-order chi connectivity index (χ0) is 16.1. The van der Waals surface area contributed by atoms with Gasteiger partial charge in [-0.1, -0.05) is 11.6 Å². The number of halogens is 1. The Morgan fingerprint density at radius 2 is 1.82 bits per heavy atom. The highest BCUT2D eigenvalue weighted by Crippen LogP contribution is 2.18. The Hall–Kier alpha value is -1.65. The summed E-state index contributed by atoms with van der Waals surface area (Å²) in [6, 6.07) is 8.79. The van der Waals surface area contributed by atoms with Crippen molar-refractivity contribution in [2.24, 2.45) is 0 Å². The highest BCUT2D eigenvalue weighted by atomic mass is 35.5. The van der Waals surface area contributed by atoms with Crippen LogP contribution in [-0.2, 0) is 11.3 Å². The molecule has 0 unspecified atom stereocenters. The molecule has 0 N–H and O–H groups in total. The highest BCUT2D eigenvalue weighted by Gasteiger charge is 2.14. The molecule has 1 amide bonds. The fourth-order valence-corrected chi connectivity index (χ4v) is 3.15. The van der Waals surface area contributed by atoms with Crippen LogP contribution < -0.4 is 0 Å². The Bertz CT molecular complexity index is 664. The normalized spacial score (nSPS) is 10.5. The van der Waals surface area contributed by atoms with Crippen molar-refractivity contribution in [1.82, 2.24) is 4.90 Å². The van der Waals surface area contributed by atoms with E-state index >= 15 is 0 Å². The zero-order valence-electron chi connectivity index (χ0n) is 12.6. The zero-order valence-corrected chi connectivity index (χ0v) is 14.2. The molecule has 0 spiro atoms. The summed E-state index contributed by atoms with van der Waals surface area (Å²) in [6.45, 7) is 2.63. The molecule has 2 rings (SSSR count). The third-order valence-corrected chi connectivity index (χ3v) is 4.77. The standard InChI is InChI=1S/C17H18ClNO2S/c1-12-9-10-22-16(12)11-19(2)17(21)8-7-15(20)13-3-5-14(18)6-4-13/h3-6,9-10H,7-8,11H2,1-2H3. The first-order valence-electron chi connectivity index (χ1n) is 7.03. The third-order valence-electron chi connectivity index (χ3n) is 3.51. The number of rotatable bonds is 6. The first-order chi connectivity index (χ1) is 10.5. The summed E-state index contributed by atoms with van der Waals surface area (Å²) in [4.78, 5) is 27.0. The first-order valence-corrected chi connectivity index (χ1v) is 8.29. The second-order valence-corrected chi connectivity index (χ2v) is 6.64. The van der Waals surface area contributed by atoms with Crippen molar-refractivity contribution < 1.29 is 9.59 Å². The van der Waals surface area contributed by atoms with E-state index in [0.29, 0.717) is 17.1 Å². The van der Waals surface area contributed by atoms with Gasteiger partial charge in [0.15, 0.2) is 5.78 Å². The number of carbonyl (C=O) groups excluding carboxylic acids is 2. The molecule has 0 saturated heterocycles. The van der Waals surface area contributed by atoms with E-state index in [-0.39, 0.29) is 24.5 Å². The number of ketones is 1. The van der Waals surface area contributed by atoms with Crippen molar-refractivity contribution in [2.75, 3.05) is 7.05 Å². The summed E-state index contributed by atoms with van der Waals surface area (Å²) in [5.74, 6) is -0.0548. The number of Topliss-reactive ketones (excluding diaryl/α,β-unsaturated/α-hetero) is 1. The second kappa shape index (κ2) is 7.56. The molecule has 1 aromatic carbocycles. The largest absolute Gasteiger partial charge is 0.341 e. The van der Waals surface area contributed by atoms with Gasteiger partial charge in [0, 0.05) is 35.4 Å². The Kier molecular flexibility index (Phi) is 5.75. The van der Waals surface area contributed by atoms with E-state index in [0.717, 1.165) is 0 Å². The molecule has 0 aliphatic heterocycles. The molecule has 5 heteroatoms. The molecule has 22 heavy (non-hydrogen) atoms. The van der Waals surface area contributed by atoms with Crippen LogP contribution in [0.15, 0.2) is 35.7 Å². The molecular formula is C17H18ClNO2S. The minimum absolute atomic E-state index is 0.0184. The molecule has 0 fully saturated rings. The Balaban J connectivity index is 1.85. The molecule has 1 heterocycles. The van der Waals surface area contributed by atoms with Crippen molar-refractivity contribution in [3.8, 4) is 0 Å². The van der Waals surface area contributed by atoms with E-state index in [1.54, 1.807) is 47.5 Å². The monoisotopic (exact) mass is 335 g/mol. The first kappa shape index (κ1) is 16.7. The highest BCUT2D eigenvalue weighted by molar-refractivity contribution is 7.10. The van der Waals surface area contributed by atoms with Gasteiger partial charge in [0.05, 0.1) is 6.54 Å². The summed E-state index contributed by atoms with van der Waals surface area (Å²) in [5.41, 5.74) is 1.79. The van der Waals surface area contributed by atoms with Gasteiger partial charge in [0.1, 0.15) is 0 Å². The SMILES string of the molecule is Cc1ccsc1CN(C)C(=O)CCC(=O)c1ccc(Cl)cc1. The molecule has 0 aliphatic carbocycles. The third kappa shape index (κ3) is 4.42. The molecule has 1 aromatic heterocycles. The van der Waals surface area contributed by atoms with Gasteiger partial charge in [-0.15, -0.1) is 11.3 Å². The molecule has 0 bridgehead atoms. The second-order valence-electron chi connectivity index (χ2n) is 5.21. The fraction of sp³-hybridized carbons (Fsp3) is 0.294. The van der Waals surface area contributed by atoms with Gasteiger partial charge in [-0.05, 0) is 48.2 Å². The minimum Gasteiger partial charge on any atom is -0.341 e. The van der Waals surface area contributed by atoms with E-state index in [1.807, 2.05) is 18.4 Å². The van der Waals surface area contributed by atoms with E-state index < -0.39 is 0 Å². The maximum absolute atomic E-state index is 12.1. The Morgan fingerprint density at radius 1 is 1.14 bits per heavy atom. The van der Waals surface area contributed by atoms with Crippen LogP contribution in [0.2, 0.25) is 5.02 Å². The molecular weight excluding hydrogens is 318 g/mol. The van der Waals surface area contributed by atoms with Crippen molar-refractivity contribution in [2.45, 2.75) is 26.3 Å². The average molecular weight is 336 g/mol. The lowest BCUT2D eigenvalue weighted by Gasteiger charge is -2.16. The summed E-state index contributed by atoms with van der Waals surface area (Å²) in [7, 11) is 1.77. The maximum Gasteiger partial charge on any atom is 0.223 e. The minimum atomic E-state index is -0.0364. The number of aryl methyl sites for hydroxylation is 1. The molecule has 2 aromatic rings. The van der Waals surface area contributed by atoms with Gasteiger partial charge in [-0.3, -0.25) is 9.59 Å². The van der Waals surface area contributed by atoms with E-state index in [2.05, 4.69) is 0 Å². The van der Waals surface area contributed by atoms with Crippen LogP contribution >= 0.6 is 22.9 Å². The van der Waals surface area contributed by atoms with Crippen LogP contribution in [0.25, 0.3) is 0 Å². The van der Waals surface area contributed by atoms with Crippen LogP contribution in [0.1, 0.15) is 33.6 Å². The number of amides is 1. The van der Waals surface area contributed by atoms with Crippen LogP contribution in [0.3, 0.4) is 0 Å². The smallest absolute Gasteiger partial charge is 0.223 e. The fourth-order valence-electron chi connectivity index (χ4n) is 2.06. The number of hydrogen-bond acceptors (Lipinski definition) is 3. The topological polar surface area (TPSA) is 37.4 Å². The van der Waals surface area contributed by atoms with Gasteiger partial charge in [-0.2, -0.15) is 0 Å². The van der Waals surface area contributed by atoms with Crippen LogP contribution in [0.5, 0.6) is 0 Å². The van der Waals surface area contributed by atoms with Crippen molar-refractivity contribution in [3.63, 3.8) is 0 Å². The number of thiophene rings is 1. The molecule has 0 saturated carbocycles. The molecule has 0 aliphatic rings. The quantitative estimate of drug-likeness (QED) is 0.737. The van der Waals surface area contributed by atoms with Crippen LogP contribution in [0.4, 0.5) is 0 Å². The summed E-state index contributed by atoms with van der Waals surface area (Å²) < 4.78 is 0. The molecule has 116 valence electrons. The summed E-state index contributed by atoms with van der Waals surface area (Å²) in [6.07, 6.45) is 0.441. The summed E-state index contributed by atoms with van der Waals surface area (Å²) >= 11 is 7.44. The lowest BCUT2D eigenvalue weighted by molar-refractivity contribution is -0.130. The molecule has 0 atom stereocenters. The van der Waals surface area contributed by atoms with Gasteiger partial charge < -0.3 is 4.90 Å². The van der Waals surface area contributed by atoms with E-state index in [9.17, 15) is 9.59 Å². The molecule has 3 nitrogen and oxygen atoms in total. The van der Waals surface area contributed by atoms with Gasteiger partial charge in [-0.25, -0.2) is 0 Å². The predicted octanol–water partition coefficient (Wildman–Crippen LogP) is 4.33. The number of carbonyl (C=O) groups is 2. The lowest BCUT2D eigenvalue weighted by atomic mass is 10.1. The number of nitrogens with zero attached hydrogens (tertiary/aromatic N) is 1. The van der Waals surface area contributed by atoms with Crippen molar-refractivity contribution in [1.29, 1.82) is 0 Å². The number of hydrogen-bond donors (Lipinski definition) is 0. The van der Waals surface area contributed by atoms with Gasteiger partial charge in [0.25, 0.3) is 0 Å². The summed E-state index contributed by atoms with van der Waals surface area (Å²) in [5, 5.41) is 2.62. The Morgan fingerprint density at radius 3 is 2.41 bits per heavy atom. The van der Waals surface area contributed by atoms with Gasteiger partial charge >= 0.3 is 0 Å². The lowest BCUT2D eigenvalue weighted by Crippen LogP contribution is -2.26. The predicted molar refractivity (Wildman–Crippen MR) is 90.5 cm³/mol. The van der Waals surface area contributed by atoms with Crippen LogP contribution in [-0.4, -0.2) is 23.6 Å². The average Bonchev–Trinajstić information content (AvgIpc) is 2.90.